The maximum atomic E-state index is 12.0. The summed E-state index contributed by atoms with van der Waals surface area (Å²) in [7, 11) is 1.69. The molecule has 1 aromatic carbocycles. The summed E-state index contributed by atoms with van der Waals surface area (Å²) in [6.45, 7) is 6.60. The Hall–Kier alpha value is -1.86. The van der Waals surface area contributed by atoms with E-state index in [0.29, 0.717) is 19.6 Å². The molecule has 0 aromatic heterocycles. The van der Waals surface area contributed by atoms with Gasteiger partial charge in [-0.3, -0.25) is 14.4 Å². The zero-order valence-corrected chi connectivity index (χ0v) is 18.1. The van der Waals surface area contributed by atoms with Crippen LogP contribution in [0.3, 0.4) is 0 Å². The molecule has 0 spiro atoms. The molecule has 2 atom stereocenters. The lowest BCUT2D eigenvalue weighted by atomic mass is 9.91. The molecule has 0 bridgehead atoms. The normalized spacial score (nSPS) is 13.1. The van der Waals surface area contributed by atoms with Crippen LogP contribution in [0.2, 0.25) is 0 Å². The van der Waals surface area contributed by atoms with Crippen LogP contribution in [-0.4, -0.2) is 47.9 Å². The van der Waals surface area contributed by atoms with E-state index in [0.717, 1.165) is 11.3 Å². The summed E-state index contributed by atoms with van der Waals surface area (Å²) < 4.78 is 5.68. The first kappa shape index (κ1) is 24.2. The number of hydrogen-bond acceptors (Lipinski definition) is 5. The summed E-state index contributed by atoms with van der Waals surface area (Å²) in [5, 5.41) is -0.412. The molecule has 2 unspecified atom stereocenters. The highest BCUT2D eigenvalue weighted by molar-refractivity contribution is 7.96. The van der Waals surface area contributed by atoms with E-state index in [1.165, 1.54) is 0 Å². The number of carbonyl (C=O) groups excluding carboxylic acids is 3. The van der Waals surface area contributed by atoms with Crippen LogP contribution < -0.4 is 10.5 Å². The number of rotatable bonds is 12. The average Bonchev–Trinajstić information content (AvgIpc) is 2.65. The number of carbonyl (C=O) groups is 3. The molecule has 0 radical (unpaired) electrons. The molecule has 0 aliphatic rings. The Morgan fingerprint density at radius 2 is 1.75 bits per heavy atom. The lowest BCUT2D eigenvalue weighted by molar-refractivity contribution is -0.130. The molecule has 0 saturated carbocycles. The maximum absolute atomic E-state index is 12.0. The number of nitrogens with zero attached hydrogens (tertiary/aromatic N) is 1. The topological polar surface area (TPSA) is 89.7 Å². The summed E-state index contributed by atoms with van der Waals surface area (Å²) in [4.78, 5) is 36.6. The zero-order chi connectivity index (χ0) is 21.3. The lowest BCUT2D eigenvalue weighted by Gasteiger charge is -2.18. The predicted octanol–water partition coefficient (Wildman–Crippen LogP) is 2.49. The zero-order valence-electron chi connectivity index (χ0n) is 17.2. The van der Waals surface area contributed by atoms with Crippen molar-refractivity contribution in [2.24, 2.45) is 17.6 Å². The van der Waals surface area contributed by atoms with Gasteiger partial charge in [0.15, 0.2) is 0 Å². The fourth-order valence-corrected chi connectivity index (χ4v) is 2.89. The Labute approximate surface area is 173 Å². The van der Waals surface area contributed by atoms with Crippen LogP contribution in [0.4, 0.5) is 0 Å². The molecule has 0 saturated heterocycles. The van der Waals surface area contributed by atoms with Gasteiger partial charge in [-0.2, -0.15) is 0 Å². The molecule has 7 heteroatoms. The monoisotopic (exact) mass is 408 g/mol. The minimum Gasteiger partial charge on any atom is -0.492 e. The molecular weight excluding hydrogens is 376 g/mol. The smallest absolute Gasteiger partial charge is 0.222 e. The SMILES string of the molecule is CC(C)C(=O)C(C)Cc1ccc(OCCN(C)C(=O)CCC(N)C(=O)S)cc1. The van der Waals surface area contributed by atoms with E-state index in [1.807, 2.05) is 45.0 Å². The van der Waals surface area contributed by atoms with Crippen molar-refractivity contribution in [3.8, 4) is 5.75 Å². The first-order valence-corrected chi connectivity index (χ1v) is 10.0. The molecule has 28 heavy (non-hydrogen) atoms. The van der Waals surface area contributed by atoms with Gasteiger partial charge in [-0.25, -0.2) is 0 Å². The Kier molecular flexibility index (Phi) is 10.2. The van der Waals surface area contributed by atoms with Crippen molar-refractivity contribution in [3.63, 3.8) is 0 Å². The highest BCUT2D eigenvalue weighted by Gasteiger charge is 2.17. The molecule has 0 aliphatic carbocycles. The second-order valence-corrected chi connectivity index (χ2v) is 7.89. The van der Waals surface area contributed by atoms with Gasteiger partial charge >= 0.3 is 0 Å². The molecule has 1 amide bonds. The Bertz CT molecular complexity index is 661. The van der Waals surface area contributed by atoms with Crippen LogP contribution in [0.5, 0.6) is 5.75 Å². The van der Waals surface area contributed by atoms with Gasteiger partial charge in [0.1, 0.15) is 18.1 Å². The van der Waals surface area contributed by atoms with E-state index in [9.17, 15) is 14.4 Å². The van der Waals surface area contributed by atoms with Crippen molar-refractivity contribution >= 4 is 29.4 Å². The standard InChI is InChI=1S/C21H32N2O4S/c1-14(2)20(25)15(3)13-16-5-7-17(8-6-16)27-12-11-23(4)19(24)10-9-18(22)21(26)28/h5-8,14-15,18H,9-13,22H2,1-4H3,(H,26,28). The number of nitrogens with two attached hydrogens (primary N) is 1. The lowest BCUT2D eigenvalue weighted by Crippen LogP contribution is -2.33. The number of thiol groups is 1. The third-order valence-electron chi connectivity index (χ3n) is 4.63. The van der Waals surface area contributed by atoms with Crippen LogP contribution >= 0.6 is 12.6 Å². The molecule has 156 valence electrons. The number of benzene rings is 1. The molecular formula is C21H32N2O4S. The van der Waals surface area contributed by atoms with Gasteiger partial charge in [-0.1, -0.05) is 32.9 Å². The van der Waals surface area contributed by atoms with Gasteiger partial charge in [0.05, 0.1) is 12.6 Å². The number of amides is 1. The van der Waals surface area contributed by atoms with E-state index in [1.54, 1.807) is 11.9 Å². The minimum atomic E-state index is -0.714. The molecule has 1 rings (SSSR count). The number of ether oxygens (including phenoxy) is 1. The minimum absolute atomic E-state index is 0.00241. The largest absolute Gasteiger partial charge is 0.492 e. The Balaban J connectivity index is 2.38. The van der Waals surface area contributed by atoms with Crippen LogP contribution in [0.1, 0.15) is 39.2 Å². The van der Waals surface area contributed by atoms with Gasteiger partial charge in [0.2, 0.25) is 11.0 Å². The summed E-state index contributed by atoms with van der Waals surface area (Å²) in [6, 6.07) is 6.96. The number of likely N-dealkylation sites (N-methyl/N-ethyl adjacent to an activating group) is 1. The average molecular weight is 409 g/mol. The number of Topliss-reactive ketones (excluding diaryl/α,β-unsaturated/α-hetero) is 1. The van der Waals surface area contributed by atoms with Crippen molar-refractivity contribution in [3.05, 3.63) is 29.8 Å². The highest BCUT2D eigenvalue weighted by atomic mass is 32.1. The van der Waals surface area contributed by atoms with Crippen LogP contribution in [-0.2, 0) is 20.8 Å². The third kappa shape index (κ3) is 8.44. The van der Waals surface area contributed by atoms with Gasteiger partial charge in [-0.15, -0.1) is 12.6 Å². The quantitative estimate of drug-likeness (QED) is 0.519. The van der Waals surface area contributed by atoms with Gasteiger partial charge in [0, 0.05) is 25.3 Å². The summed E-state index contributed by atoms with van der Waals surface area (Å²) >= 11 is 3.66. The molecule has 1 aromatic rings. The molecule has 0 fully saturated rings. The van der Waals surface area contributed by atoms with Crippen LogP contribution in [0.25, 0.3) is 0 Å². The van der Waals surface area contributed by atoms with Gasteiger partial charge in [-0.05, 0) is 30.5 Å². The fourth-order valence-electron chi connectivity index (χ4n) is 2.76. The van der Waals surface area contributed by atoms with Crippen LogP contribution in [0.15, 0.2) is 24.3 Å². The second-order valence-electron chi connectivity index (χ2n) is 7.45. The van der Waals surface area contributed by atoms with Crippen molar-refractivity contribution < 1.29 is 19.1 Å². The summed E-state index contributed by atoms with van der Waals surface area (Å²) in [5.41, 5.74) is 6.67. The van der Waals surface area contributed by atoms with Crippen molar-refractivity contribution in [1.82, 2.24) is 4.90 Å². The second kappa shape index (κ2) is 11.9. The van der Waals surface area contributed by atoms with Crippen molar-refractivity contribution in [1.29, 1.82) is 0 Å². The predicted molar refractivity (Wildman–Crippen MR) is 113 cm³/mol. The number of hydrogen-bond donors (Lipinski definition) is 2. The maximum Gasteiger partial charge on any atom is 0.222 e. The molecule has 6 nitrogen and oxygen atoms in total. The molecule has 2 N–H and O–H groups in total. The van der Waals surface area contributed by atoms with Gasteiger partial charge in [0.25, 0.3) is 0 Å². The first-order chi connectivity index (χ1) is 13.1. The Morgan fingerprint density at radius 3 is 2.29 bits per heavy atom. The molecule has 0 heterocycles. The Morgan fingerprint density at radius 1 is 1.14 bits per heavy atom. The van der Waals surface area contributed by atoms with E-state index in [2.05, 4.69) is 12.6 Å². The summed E-state index contributed by atoms with van der Waals surface area (Å²) in [5.74, 6) is 0.944. The van der Waals surface area contributed by atoms with Crippen molar-refractivity contribution in [2.45, 2.75) is 46.1 Å². The van der Waals surface area contributed by atoms with Gasteiger partial charge < -0.3 is 15.4 Å². The summed E-state index contributed by atoms with van der Waals surface area (Å²) in [6.07, 6.45) is 1.20. The number of ketones is 1. The fraction of sp³-hybridized carbons (Fsp3) is 0.571. The first-order valence-electron chi connectivity index (χ1n) is 9.59. The highest BCUT2D eigenvalue weighted by Crippen LogP contribution is 2.17. The molecule has 0 aliphatic heterocycles. The van der Waals surface area contributed by atoms with Crippen LogP contribution in [0, 0.1) is 11.8 Å². The van der Waals surface area contributed by atoms with E-state index in [4.69, 9.17) is 10.5 Å². The van der Waals surface area contributed by atoms with E-state index < -0.39 is 11.2 Å². The van der Waals surface area contributed by atoms with E-state index in [-0.39, 0.29) is 36.4 Å². The third-order valence-corrected chi connectivity index (χ3v) is 4.96. The van der Waals surface area contributed by atoms with E-state index >= 15 is 0 Å². The van der Waals surface area contributed by atoms with Crippen molar-refractivity contribution in [2.75, 3.05) is 20.2 Å².